The summed E-state index contributed by atoms with van der Waals surface area (Å²) in [5.74, 6) is -0.0591. The molecule has 0 saturated heterocycles. The van der Waals surface area contributed by atoms with Crippen molar-refractivity contribution in [3.8, 4) is 33.4 Å². The van der Waals surface area contributed by atoms with Gasteiger partial charge in [0.25, 0.3) is 0 Å². The molecule has 0 radical (unpaired) electrons. The summed E-state index contributed by atoms with van der Waals surface area (Å²) >= 11 is 0. The van der Waals surface area contributed by atoms with E-state index >= 15 is 0 Å². The van der Waals surface area contributed by atoms with Gasteiger partial charge in [-0.1, -0.05) is 176 Å². The number of hydrogen-bond acceptors (Lipinski definition) is 4. The van der Waals surface area contributed by atoms with Crippen molar-refractivity contribution in [3.05, 3.63) is 266 Å². The number of nitrogens with zero attached hydrogens (tertiary/aromatic N) is 2. The topological polar surface area (TPSA) is 36.7 Å². The number of hydrogen-bond donors (Lipinski definition) is 0. The Bertz CT molecular complexity index is 3340. The number of benzene rings is 10. The second-order valence-corrected chi connectivity index (χ2v) is 16.1. The molecule has 1 heterocycles. The van der Waals surface area contributed by atoms with Gasteiger partial charge >= 0.3 is 0 Å². The van der Waals surface area contributed by atoms with Crippen LogP contribution in [0.1, 0.15) is 15.9 Å². The van der Waals surface area contributed by atoms with Crippen LogP contribution in [0.15, 0.2) is 259 Å². The smallest absolute Gasteiger partial charge is 0.193 e. The van der Waals surface area contributed by atoms with Gasteiger partial charge in [-0.25, -0.2) is 0 Å². The Hall–Kier alpha value is -8.73. The van der Waals surface area contributed by atoms with Crippen molar-refractivity contribution in [3.63, 3.8) is 0 Å². The number of fused-ring (bicyclic) bond motifs is 3. The summed E-state index contributed by atoms with van der Waals surface area (Å²) in [6, 6.07) is 87.6. The summed E-state index contributed by atoms with van der Waals surface area (Å²) in [7, 11) is 0. The number of anilines is 6. The Morgan fingerprint density at radius 1 is 0.308 bits per heavy atom. The highest BCUT2D eigenvalue weighted by atomic mass is 16.3. The Balaban J connectivity index is 1.21. The molecular formula is C61H42N2O2. The van der Waals surface area contributed by atoms with E-state index in [-0.39, 0.29) is 5.78 Å². The minimum atomic E-state index is -0.0591. The summed E-state index contributed by atoms with van der Waals surface area (Å²) in [5, 5.41) is 2.07. The number of carbonyl (C=O) groups excluding carboxylic acids is 1. The molecule has 11 rings (SSSR count). The fraction of sp³-hybridized carbons (Fsp3) is 0. The zero-order chi connectivity index (χ0) is 43.5. The molecule has 4 nitrogen and oxygen atoms in total. The average Bonchev–Trinajstić information content (AvgIpc) is 3.76. The zero-order valence-corrected chi connectivity index (χ0v) is 35.5. The predicted octanol–water partition coefficient (Wildman–Crippen LogP) is 16.8. The van der Waals surface area contributed by atoms with Gasteiger partial charge in [-0.05, 0) is 101 Å². The summed E-state index contributed by atoms with van der Waals surface area (Å²) in [6.07, 6.45) is 0. The third kappa shape index (κ3) is 7.64. The van der Waals surface area contributed by atoms with Crippen LogP contribution in [0.4, 0.5) is 34.1 Å². The average molecular weight is 835 g/mol. The molecule has 0 aliphatic heterocycles. The molecule has 0 atom stereocenters. The van der Waals surface area contributed by atoms with Crippen molar-refractivity contribution in [2.75, 3.05) is 9.80 Å². The van der Waals surface area contributed by atoms with Crippen molar-refractivity contribution in [2.24, 2.45) is 0 Å². The molecule has 0 saturated carbocycles. The van der Waals surface area contributed by atoms with Crippen molar-refractivity contribution < 1.29 is 9.21 Å². The van der Waals surface area contributed by atoms with Gasteiger partial charge in [-0.15, -0.1) is 0 Å². The number of furan rings is 1. The van der Waals surface area contributed by atoms with Crippen LogP contribution < -0.4 is 9.80 Å². The monoisotopic (exact) mass is 834 g/mol. The zero-order valence-electron chi connectivity index (χ0n) is 35.5. The summed E-state index contributed by atoms with van der Waals surface area (Å²) in [5.41, 5.74) is 14.8. The van der Waals surface area contributed by atoms with Gasteiger partial charge in [-0.2, -0.15) is 0 Å². The lowest BCUT2D eigenvalue weighted by atomic mass is 9.92. The van der Waals surface area contributed by atoms with Gasteiger partial charge in [0.15, 0.2) is 5.78 Å². The fourth-order valence-electron chi connectivity index (χ4n) is 8.97. The van der Waals surface area contributed by atoms with Crippen LogP contribution in [-0.2, 0) is 0 Å². The lowest BCUT2D eigenvalue weighted by Gasteiger charge is -2.32. The van der Waals surface area contributed by atoms with E-state index in [1.165, 1.54) is 0 Å². The third-order valence-electron chi connectivity index (χ3n) is 12.0. The molecular weight excluding hydrogens is 793 g/mol. The van der Waals surface area contributed by atoms with Crippen molar-refractivity contribution in [1.29, 1.82) is 0 Å². The Kier molecular flexibility index (Phi) is 10.4. The lowest BCUT2D eigenvalue weighted by molar-refractivity contribution is 0.103. The lowest BCUT2D eigenvalue weighted by Crippen LogP contribution is -2.15. The van der Waals surface area contributed by atoms with Gasteiger partial charge in [0, 0.05) is 61.5 Å². The first-order valence-electron chi connectivity index (χ1n) is 21.9. The van der Waals surface area contributed by atoms with E-state index in [0.717, 1.165) is 89.4 Å². The fourth-order valence-corrected chi connectivity index (χ4v) is 8.97. The first kappa shape index (κ1) is 39.1. The number of rotatable bonds is 11. The Morgan fingerprint density at radius 3 is 1.45 bits per heavy atom. The Labute approximate surface area is 378 Å². The number of carbonyl (C=O) groups is 1. The van der Waals surface area contributed by atoms with E-state index in [9.17, 15) is 4.79 Å². The van der Waals surface area contributed by atoms with Gasteiger partial charge in [0.1, 0.15) is 11.2 Å². The first-order chi connectivity index (χ1) is 32.2. The Morgan fingerprint density at radius 2 is 0.815 bits per heavy atom. The molecule has 0 aliphatic carbocycles. The van der Waals surface area contributed by atoms with Crippen LogP contribution in [0.5, 0.6) is 0 Å². The van der Waals surface area contributed by atoms with E-state index in [4.69, 9.17) is 4.42 Å². The molecule has 0 unspecified atom stereocenters. The molecule has 11 aromatic rings. The summed E-state index contributed by atoms with van der Waals surface area (Å²) < 4.78 is 6.28. The van der Waals surface area contributed by atoms with E-state index < -0.39 is 0 Å². The highest BCUT2D eigenvalue weighted by Gasteiger charge is 2.25. The van der Waals surface area contributed by atoms with Crippen molar-refractivity contribution in [1.82, 2.24) is 0 Å². The molecule has 0 fully saturated rings. The molecule has 0 aliphatic rings. The molecule has 0 N–H and O–H groups in total. The first-order valence-corrected chi connectivity index (χ1v) is 21.9. The summed E-state index contributed by atoms with van der Waals surface area (Å²) in [6.45, 7) is 0. The number of ketones is 1. The van der Waals surface area contributed by atoms with Crippen LogP contribution in [0.2, 0.25) is 0 Å². The molecule has 4 heteroatoms. The SMILES string of the molecule is O=C(c1ccccc1)c1cc(-c2ccc3oc4ccccc4c3c2)cc(N(c2cccc(N(c3ccccc3)c3ccccc3)c2)c2c(-c3ccccc3)cccc2-c2ccccc2)c1. The predicted molar refractivity (Wildman–Crippen MR) is 269 cm³/mol. The molecule has 1 aromatic heterocycles. The molecule has 0 spiro atoms. The highest BCUT2D eigenvalue weighted by molar-refractivity contribution is 6.11. The van der Waals surface area contributed by atoms with E-state index in [1.54, 1.807) is 0 Å². The second-order valence-electron chi connectivity index (χ2n) is 16.1. The summed E-state index contributed by atoms with van der Waals surface area (Å²) in [4.78, 5) is 19.4. The molecule has 0 amide bonds. The maximum Gasteiger partial charge on any atom is 0.193 e. The van der Waals surface area contributed by atoms with Crippen LogP contribution >= 0.6 is 0 Å². The van der Waals surface area contributed by atoms with Gasteiger partial charge in [-0.3, -0.25) is 4.79 Å². The molecule has 10 aromatic carbocycles. The molecule has 0 bridgehead atoms. The number of para-hydroxylation sites is 4. The van der Waals surface area contributed by atoms with Crippen molar-refractivity contribution in [2.45, 2.75) is 0 Å². The standard InChI is InChI=1S/C61H42N2O2/c64-61(45-24-10-3-11-25-45)48-38-47(46-36-37-59-57(41-46)56-32-16-17-35-58(56)65-59)39-53(40-48)63(60-54(43-20-6-1-7-21-43)33-19-34-55(60)44-22-8-2-9-23-44)52-31-18-30-51(42-52)62(49-26-12-4-13-27-49)50-28-14-5-15-29-50/h1-42H. The van der Waals surface area contributed by atoms with Crippen LogP contribution in [-0.4, -0.2) is 5.78 Å². The second kappa shape index (κ2) is 17.2. The van der Waals surface area contributed by atoms with E-state index in [1.807, 2.05) is 72.8 Å². The van der Waals surface area contributed by atoms with Gasteiger partial charge in [0.05, 0.1) is 5.69 Å². The van der Waals surface area contributed by atoms with Gasteiger partial charge in [0.2, 0.25) is 0 Å². The van der Waals surface area contributed by atoms with Gasteiger partial charge < -0.3 is 14.2 Å². The maximum atomic E-state index is 14.8. The molecule has 65 heavy (non-hydrogen) atoms. The minimum absolute atomic E-state index is 0.0591. The molecule has 308 valence electrons. The maximum absolute atomic E-state index is 14.8. The highest BCUT2D eigenvalue weighted by Crippen LogP contribution is 2.49. The van der Waals surface area contributed by atoms with Crippen LogP contribution in [0, 0.1) is 0 Å². The third-order valence-corrected chi connectivity index (χ3v) is 12.0. The van der Waals surface area contributed by atoms with Crippen molar-refractivity contribution >= 4 is 61.8 Å². The largest absolute Gasteiger partial charge is 0.456 e. The van der Waals surface area contributed by atoms with Crippen LogP contribution in [0.25, 0.3) is 55.3 Å². The quantitative estimate of drug-likeness (QED) is 0.122. The van der Waals surface area contributed by atoms with E-state index in [2.05, 4.69) is 192 Å². The van der Waals surface area contributed by atoms with Crippen LogP contribution in [0.3, 0.4) is 0 Å². The van der Waals surface area contributed by atoms with E-state index in [0.29, 0.717) is 11.1 Å². The normalized spacial score (nSPS) is 11.1. The minimum Gasteiger partial charge on any atom is -0.456 e.